The lowest BCUT2D eigenvalue weighted by Gasteiger charge is -2.16. The summed E-state index contributed by atoms with van der Waals surface area (Å²) >= 11 is 0. The highest BCUT2D eigenvalue weighted by molar-refractivity contribution is 5.76. The highest BCUT2D eigenvalue weighted by Crippen LogP contribution is 2.18. The lowest BCUT2D eigenvalue weighted by molar-refractivity contribution is -0.139. The van der Waals surface area contributed by atoms with E-state index < -0.39 is 5.97 Å². The van der Waals surface area contributed by atoms with Crippen molar-refractivity contribution in [3.63, 3.8) is 0 Å². The predicted molar refractivity (Wildman–Crippen MR) is 84.8 cm³/mol. The predicted octanol–water partition coefficient (Wildman–Crippen LogP) is 3.15. The summed E-state index contributed by atoms with van der Waals surface area (Å²) in [5, 5.41) is 11.5. The minimum absolute atomic E-state index is 0.0552. The maximum absolute atomic E-state index is 12.0. The summed E-state index contributed by atoms with van der Waals surface area (Å²) in [5.41, 5.74) is 0.958. The summed E-state index contributed by atoms with van der Waals surface area (Å²) in [6, 6.07) is 6.99. The van der Waals surface area contributed by atoms with E-state index in [1.165, 1.54) is 0 Å². The van der Waals surface area contributed by atoms with Crippen molar-refractivity contribution in [1.82, 2.24) is 5.32 Å². The van der Waals surface area contributed by atoms with Gasteiger partial charge >= 0.3 is 5.97 Å². The van der Waals surface area contributed by atoms with Crippen LogP contribution in [0.3, 0.4) is 0 Å². The molecule has 0 saturated heterocycles. The molecule has 0 fully saturated rings. The Balaban J connectivity index is 2.49. The van der Waals surface area contributed by atoms with Gasteiger partial charge < -0.3 is 15.2 Å². The number of hydrogen-bond donors (Lipinski definition) is 2. The van der Waals surface area contributed by atoms with Crippen molar-refractivity contribution >= 4 is 11.9 Å². The molecule has 1 amide bonds. The van der Waals surface area contributed by atoms with Crippen LogP contribution in [0.15, 0.2) is 24.3 Å². The van der Waals surface area contributed by atoms with E-state index in [9.17, 15) is 9.59 Å². The second kappa shape index (κ2) is 9.07. The lowest BCUT2D eigenvalue weighted by Crippen LogP contribution is -2.27. The minimum Gasteiger partial charge on any atom is -0.482 e. The van der Waals surface area contributed by atoms with Crippen LogP contribution in [-0.4, -0.2) is 23.6 Å². The maximum Gasteiger partial charge on any atom is 0.341 e. The molecule has 5 nitrogen and oxygen atoms in total. The third-order valence-electron chi connectivity index (χ3n) is 3.44. The number of carboxylic acid groups (broad SMARTS) is 1. The molecule has 0 saturated carbocycles. The largest absolute Gasteiger partial charge is 0.482 e. The third kappa shape index (κ3) is 6.61. The highest BCUT2D eigenvalue weighted by atomic mass is 16.5. The summed E-state index contributed by atoms with van der Waals surface area (Å²) in [6.07, 6.45) is 2.68. The average Bonchev–Trinajstić information content (AvgIpc) is 2.45. The Labute approximate surface area is 131 Å². The summed E-state index contributed by atoms with van der Waals surface area (Å²) in [5.74, 6) is -0.0594. The molecule has 0 spiro atoms. The van der Waals surface area contributed by atoms with Crippen molar-refractivity contribution in [3.8, 4) is 5.75 Å². The zero-order valence-corrected chi connectivity index (χ0v) is 13.5. The standard InChI is InChI=1S/C17H25NO4/c1-4-5-12(2)10-16(19)18-13(3)14-6-8-15(9-7-14)22-11-17(20)21/h6-9,12-13H,4-5,10-11H2,1-3H3,(H,18,19)(H,20,21). The molecular weight excluding hydrogens is 282 g/mol. The van der Waals surface area contributed by atoms with Gasteiger partial charge in [-0.05, 0) is 30.5 Å². The molecule has 1 aromatic carbocycles. The number of hydrogen-bond acceptors (Lipinski definition) is 3. The van der Waals surface area contributed by atoms with Gasteiger partial charge in [-0.1, -0.05) is 38.8 Å². The molecule has 2 N–H and O–H groups in total. The van der Waals surface area contributed by atoms with Gasteiger partial charge in [0.1, 0.15) is 5.75 Å². The van der Waals surface area contributed by atoms with Gasteiger partial charge in [0.05, 0.1) is 6.04 Å². The Morgan fingerprint density at radius 2 is 1.86 bits per heavy atom. The number of rotatable bonds is 9. The molecule has 2 atom stereocenters. The first-order valence-electron chi connectivity index (χ1n) is 7.66. The quantitative estimate of drug-likeness (QED) is 0.735. The lowest BCUT2D eigenvalue weighted by atomic mass is 10.0. The summed E-state index contributed by atoms with van der Waals surface area (Å²) in [4.78, 5) is 22.4. The van der Waals surface area contributed by atoms with Gasteiger partial charge in [0.25, 0.3) is 0 Å². The number of nitrogens with one attached hydrogen (secondary N) is 1. The third-order valence-corrected chi connectivity index (χ3v) is 3.44. The number of carbonyl (C=O) groups is 2. The van der Waals surface area contributed by atoms with Crippen molar-refractivity contribution in [1.29, 1.82) is 0 Å². The number of carboxylic acids is 1. The smallest absolute Gasteiger partial charge is 0.341 e. The molecule has 1 rings (SSSR count). The summed E-state index contributed by atoms with van der Waals surface area (Å²) in [6.45, 7) is 5.77. The van der Waals surface area contributed by atoms with Crippen LogP contribution in [0.4, 0.5) is 0 Å². The fraction of sp³-hybridized carbons (Fsp3) is 0.529. The fourth-order valence-electron chi connectivity index (χ4n) is 2.29. The number of carbonyl (C=O) groups excluding carboxylic acids is 1. The molecular formula is C17H25NO4. The summed E-state index contributed by atoms with van der Waals surface area (Å²) in [7, 11) is 0. The molecule has 1 aromatic rings. The van der Waals surface area contributed by atoms with Crippen molar-refractivity contribution in [2.24, 2.45) is 5.92 Å². The number of amides is 1. The van der Waals surface area contributed by atoms with E-state index in [0.717, 1.165) is 18.4 Å². The van der Waals surface area contributed by atoms with Crippen LogP contribution in [0.2, 0.25) is 0 Å². The Kier molecular flexibility index (Phi) is 7.43. The molecule has 122 valence electrons. The van der Waals surface area contributed by atoms with Gasteiger partial charge in [0.2, 0.25) is 5.91 Å². The Morgan fingerprint density at radius 3 is 2.41 bits per heavy atom. The van der Waals surface area contributed by atoms with E-state index in [1.54, 1.807) is 12.1 Å². The molecule has 0 aliphatic rings. The molecule has 22 heavy (non-hydrogen) atoms. The molecule has 0 heterocycles. The van der Waals surface area contributed by atoms with E-state index in [4.69, 9.17) is 9.84 Å². The van der Waals surface area contributed by atoms with E-state index in [0.29, 0.717) is 18.1 Å². The van der Waals surface area contributed by atoms with Gasteiger partial charge in [-0.25, -0.2) is 4.79 Å². The monoisotopic (exact) mass is 307 g/mol. The van der Waals surface area contributed by atoms with Crippen molar-refractivity contribution in [2.75, 3.05) is 6.61 Å². The SMILES string of the molecule is CCCC(C)CC(=O)NC(C)c1ccc(OCC(=O)O)cc1. The van der Waals surface area contributed by atoms with E-state index in [2.05, 4.69) is 19.2 Å². The van der Waals surface area contributed by atoms with Crippen LogP contribution in [-0.2, 0) is 9.59 Å². The number of benzene rings is 1. The van der Waals surface area contributed by atoms with Crippen molar-refractivity contribution in [3.05, 3.63) is 29.8 Å². The molecule has 0 aromatic heterocycles. The number of ether oxygens (including phenoxy) is 1. The zero-order chi connectivity index (χ0) is 16.5. The van der Waals surface area contributed by atoms with Crippen molar-refractivity contribution < 1.29 is 19.4 Å². The van der Waals surface area contributed by atoms with E-state index >= 15 is 0 Å². The first-order valence-corrected chi connectivity index (χ1v) is 7.66. The topological polar surface area (TPSA) is 75.6 Å². The van der Waals surface area contributed by atoms with Gasteiger partial charge in [-0.2, -0.15) is 0 Å². The molecule has 0 aliphatic carbocycles. The molecule has 5 heteroatoms. The van der Waals surface area contributed by atoms with Crippen LogP contribution in [0.25, 0.3) is 0 Å². The van der Waals surface area contributed by atoms with Gasteiger partial charge in [0.15, 0.2) is 6.61 Å². The van der Waals surface area contributed by atoms with Gasteiger partial charge in [0, 0.05) is 6.42 Å². The summed E-state index contributed by atoms with van der Waals surface area (Å²) < 4.78 is 5.08. The second-order valence-corrected chi connectivity index (χ2v) is 5.64. The molecule has 0 aliphatic heterocycles. The first-order chi connectivity index (χ1) is 10.4. The van der Waals surface area contributed by atoms with Crippen LogP contribution < -0.4 is 10.1 Å². The van der Waals surface area contributed by atoms with Gasteiger partial charge in [-0.3, -0.25) is 4.79 Å². The van der Waals surface area contributed by atoms with Crippen LogP contribution >= 0.6 is 0 Å². The number of aliphatic carboxylic acids is 1. The normalized spacial score (nSPS) is 13.2. The Morgan fingerprint density at radius 1 is 1.23 bits per heavy atom. The molecule has 0 radical (unpaired) electrons. The first kappa shape index (κ1) is 18.0. The second-order valence-electron chi connectivity index (χ2n) is 5.64. The average molecular weight is 307 g/mol. The maximum atomic E-state index is 12.0. The van der Waals surface area contributed by atoms with Crippen LogP contribution in [0.5, 0.6) is 5.75 Å². The molecule has 0 bridgehead atoms. The van der Waals surface area contributed by atoms with E-state index in [-0.39, 0.29) is 18.6 Å². The molecule has 2 unspecified atom stereocenters. The van der Waals surface area contributed by atoms with Crippen molar-refractivity contribution in [2.45, 2.75) is 46.1 Å². The minimum atomic E-state index is -1.01. The Bertz CT molecular complexity index is 484. The van der Waals surface area contributed by atoms with Gasteiger partial charge in [-0.15, -0.1) is 0 Å². The highest BCUT2D eigenvalue weighted by Gasteiger charge is 2.12. The zero-order valence-electron chi connectivity index (χ0n) is 13.5. The Hall–Kier alpha value is -2.04. The fourth-order valence-corrected chi connectivity index (χ4v) is 2.29. The van der Waals surface area contributed by atoms with Crippen LogP contribution in [0, 0.1) is 5.92 Å². The van der Waals surface area contributed by atoms with Crippen LogP contribution in [0.1, 0.15) is 51.6 Å². The van der Waals surface area contributed by atoms with E-state index in [1.807, 2.05) is 19.1 Å².